The Balaban J connectivity index is 1.78. The summed E-state index contributed by atoms with van der Waals surface area (Å²) in [5.41, 5.74) is 2.16. The van der Waals surface area contributed by atoms with Gasteiger partial charge in [-0.2, -0.15) is 0 Å². The van der Waals surface area contributed by atoms with Gasteiger partial charge in [0.25, 0.3) is 5.69 Å². The largest absolute Gasteiger partial charge is 0.445 e. The van der Waals surface area contributed by atoms with Crippen LogP contribution in [0, 0.1) is 28.9 Å². The summed E-state index contributed by atoms with van der Waals surface area (Å²) in [5.74, 6) is 5.61. The molecule has 6 nitrogen and oxygen atoms in total. The zero-order valence-electron chi connectivity index (χ0n) is 13.8. The van der Waals surface area contributed by atoms with Gasteiger partial charge < -0.3 is 10.1 Å². The molecule has 2 rings (SSSR count). The second kappa shape index (κ2) is 9.08. The van der Waals surface area contributed by atoms with Crippen LogP contribution < -0.4 is 5.32 Å². The Bertz CT molecular complexity index is 807. The summed E-state index contributed by atoms with van der Waals surface area (Å²) in [7, 11) is 0. The molecule has 0 fully saturated rings. The Kier molecular flexibility index (Phi) is 6.55. The van der Waals surface area contributed by atoms with Gasteiger partial charge in [0.05, 0.1) is 4.92 Å². The van der Waals surface area contributed by atoms with Crippen LogP contribution in [0.15, 0.2) is 48.5 Å². The Morgan fingerprint density at radius 1 is 1.24 bits per heavy atom. The molecule has 0 saturated carbocycles. The predicted octanol–water partition coefficient (Wildman–Crippen LogP) is 3.57. The Labute approximate surface area is 146 Å². The van der Waals surface area contributed by atoms with Crippen molar-refractivity contribution in [2.24, 2.45) is 0 Å². The minimum Gasteiger partial charge on any atom is -0.445 e. The molecule has 0 radical (unpaired) electrons. The zero-order valence-corrected chi connectivity index (χ0v) is 13.8. The van der Waals surface area contributed by atoms with Crippen molar-refractivity contribution in [3.8, 4) is 11.8 Å². The van der Waals surface area contributed by atoms with Gasteiger partial charge in [-0.3, -0.25) is 10.1 Å². The standard InChI is InChI=1S/C19H18N2O4/c1-15-10-11-18(21(23)24)17(13-15)9-5-6-12-20-19(22)25-14-16-7-3-2-4-8-16/h2-4,7-8,10-11,13H,6,12,14H2,1H3,(H,20,22). The number of hydrogen-bond donors (Lipinski definition) is 1. The highest BCUT2D eigenvalue weighted by molar-refractivity contribution is 5.67. The number of benzene rings is 2. The number of rotatable bonds is 5. The van der Waals surface area contributed by atoms with Crippen LogP contribution in [-0.2, 0) is 11.3 Å². The summed E-state index contributed by atoms with van der Waals surface area (Å²) in [4.78, 5) is 22.1. The number of aryl methyl sites for hydroxylation is 1. The highest BCUT2D eigenvalue weighted by Crippen LogP contribution is 2.18. The molecule has 2 aromatic carbocycles. The summed E-state index contributed by atoms with van der Waals surface area (Å²) >= 11 is 0. The van der Waals surface area contributed by atoms with Gasteiger partial charge in [0, 0.05) is 19.0 Å². The number of nitrogens with one attached hydrogen (secondary N) is 1. The van der Waals surface area contributed by atoms with Crippen LogP contribution in [0.5, 0.6) is 0 Å². The number of nitro groups is 1. The molecule has 0 aliphatic carbocycles. The fourth-order valence-electron chi connectivity index (χ4n) is 2.07. The molecule has 0 heterocycles. The van der Waals surface area contributed by atoms with Gasteiger partial charge >= 0.3 is 6.09 Å². The fraction of sp³-hybridized carbons (Fsp3) is 0.211. The summed E-state index contributed by atoms with van der Waals surface area (Å²) in [6, 6.07) is 14.2. The molecule has 0 atom stereocenters. The second-order valence-electron chi connectivity index (χ2n) is 5.32. The van der Waals surface area contributed by atoms with Crippen LogP contribution in [0.3, 0.4) is 0 Å². The molecule has 0 bridgehead atoms. The topological polar surface area (TPSA) is 81.5 Å². The lowest BCUT2D eigenvalue weighted by Crippen LogP contribution is -2.24. The van der Waals surface area contributed by atoms with E-state index >= 15 is 0 Å². The van der Waals surface area contributed by atoms with Crippen molar-refractivity contribution in [2.45, 2.75) is 20.0 Å². The van der Waals surface area contributed by atoms with Gasteiger partial charge in [0.2, 0.25) is 0 Å². The number of hydrogen-bond acceptors (Lipinski definition) is 4. The van der Waals surface area contributed by atoms with Gasteiger partial charge in [-0.25, -0.2) is 4.79 Å². The average molecular weight is 338 g/mol. The first-order chi connectivity index (χ1) is 12.1. The molecule has 25 heavy (non-hydrogen) atoms. The van der Waals surface area contributed by atoms with Crippen LogP contribution in [0.4, 0.5) is 10.5 Å². The first-order valence-electron chi connectivity index (χ1n) is 7.75. The molecular weight excluding hydrogens is 320 g/mol. The molecule has 0 spiro atoms. The third kappa shape index (κ3) is 5.99. The van der Waals surface area contributed by atoms with Crippen LogP contribution in [-0.4, -0.2) is 17.6 Å². The van der Waals surface area contributed by atoms with Crippen LogP contribution >= 0.6 is 0 Å². The minimum absolute atomic E-state index is 0.0201. The number of amides is 1. The summed E-state index contributed by atoms with van der Waals surface area (Å²) in [6.07, 6.45) is -0.155. The van der Waals surface area contributed by atoms with Crippen LogP contribution in [0.2, 0.25) is 0 Å². The molecular formula is C19H18N2O4. The van der Waals surface area contributed by atoms with Crippen LogP contribution in [0.1, 0.15) is 23.1 Å². The number of nitro benzene ring substituents is 1. The highest BCUT2D eigenvalue weighted by atomic mass is 16.6. The smallest absolute Gasteiger partial charge is 0.407 e. The average Bonchev–Trinajstić information content (AvgIpc) is 2.60. The Morgan fingerprint density at radius 3 is 2.72 bits per heavy atom. The van der Waals surface area contributed by atoms with E-state index in [1.165, 1.54) is 6.07 Å². The number of carbonyl (C=O) groups excluding carboxylic acids is 1. The van der Waals surface area contributed by atoms with E-state index in [-0.39, 0.29) is 12.3 Å². The van der Waals surface area contributed by atoms with Crippen LogP contribution in [0.25, 0.3) is 0 Å². The Hall–Kier alpha value is -3.33. The fourth-order valence-corrected chi connectivity index (χ4v) is 2.07. The van der Waals surface area contributed by atoms with Crippen molar-refractivity contribution in [3.63, 3.8) is 0 Å². The van der Waals surface area contributed by atoms with E-state index < -0.39 is 11.0 Å². The molecule has 0 aliphatic heterocycles. The number of carbonyl (C=O) groups is 1. The number of nitrogens with zero attached hydrogens (tertiary/aromatic N) is 1. The van der Waals surface area contributed by atoms with E-state index in [2.05, 4.69) is 17.2 Å². The monoisotopic (exact) mass is 338 g/mol. The molecule has 2 aromatic rings. The maximum Gasteiger partial charge on any atom is 0.407 e. The lowest BCUT2D eigenvalue weighted by molar-refractivity contribution is -0.385. The molecule has 0 aromatic heterocycles. The summed E-state index contributed by atoms with van der Waals surface area (Å²) in [6.45, 7) is 2.35. The molecule has 6 heteroatoms. The van der Waals surface area contributed by atoms with E-state index in [9.17, 15) is 14.9 Å². The minimum atomic E-state index is -0.521. The summed E-state index contributed by atoms with van der Waals surface area (Å²) in [5, 5.41) is 13.6. The quantitative estimate of drug-likeness (QED) is 0.391. The Morgan fingerprint density at radius 2 is 2.00 bits per heavy atom. The van der Waals surface area contributed by atoms with E-state index in [4.69, 9.17) is 4.74 Å². The molecule has 1 amide bonds. The van der Waals surface area contributed by atoms with Crippen molar-refractivity contribution in [1.82, 2.24) is 5.32 Å². The summed E-state index contributed by atoms with van der Waals surface area (Å²) < 4.78 is 5.07. The predicted molar refractivity (Wildman–Crippen MR) is 94.0 cm³/mol. The van der Waals surface area contributed by atoms with Crippen molar-refractivity contribution in [2.75, 3.05) is 6.54 Å². The van der Waals surface area contributed by atoms with Gasteiger partial charge in [-0.15, -0.1) is 0 Å². The van der Waals surface area contributed by atoms with Crippen molar-refractivity contribution >= 4 is 11.8 Å². The first-order valence-corrected chi connectivity index (χ1v) is 7.75. The normalized spacial score (nSPS) is 9.64. The second-order valence-corrected chi connectivity index (χ2v) is 5.32. The first kappa shape index (κ1) is 18.0. The number of ether oxygens (including phenoxy) is 1. The third-order valence-corrected chi connectivity index (χ3v) is 3.30. The SMILES string of the molecule is Cc1ccc([N+](=O)[O-])c(C#CCCNC(=O)OCc2ccccc2)c1. The van der Waals surface area contributed by atoms with Crippen molar-refractivity contribution in [3.05, 3.63) is 75.3 Å². The van der Waals surface area contributed by atoms with Crippen molar-refractivity contribution < 1.29 is 14.5 Å². The highest BCUT2D eigenvalue weighted by Gasteiger charge is 2.11. The van der Waals surface area contributed by atoms with E-state index in [1.54, 1.807) is 12.1 Å². The molecule has 0 aliphatic rings. The van der Waals surface area contributed by atoms with E-state index in [1.807, 2.05) is 37.3 Å². The molecule has 0 saturated heterocycles. The van der Waals surface area contributed by atoms with Gasteiger partial charge in [-0.1, -0.05) is 48.2 Å². The maximum absolute atomic E-state index is 11.6. The lowest BCUT2D eigenvalue weighted by atomic mass is 10.1. The zero-order chi connectivity index (χ0) is 18.1. The van der Waals surface area contributed by atoms with Crippen molar-refractivity contribution in [1.29, 1.82) is 0 Å². The third-order valence-electron chi connectivity index (χ3n) is 3.30. The number of alkyl carbamates (subject to hydrolysis) is 1. The molecule has 128 valence electrons. The molecule has 0 unspecified atom stereocenters. The van der Waals surface area contributed by atoms with Gasteiger partial charge in [-0.05, 0) is 24.1 Å². The lowest BCUT2D eigenvalue weighted by Gasteiger charge is -2.05. The molecule has 1 N–H and O–H groups in total. The van der Waals surface area contributed by atoms with E-state index in [0.29, 0.717) is 18.5 Å². The van der Waals surface area contributed by atoms with Gasteiger partial charge in [0.1, 0.15) is 12.2 Å². The maximum atomic E-state index is 11.6. The van der Waals surface area contributed by atoms with Gasteiger partial charge in [0.15, 0.2) is 0 Å². The van der Waals surface area contributed by atoms with E-state index in [0.717, 1.165) is 11.1 Å².